The second kappa shape index (κ2) is 6.37. The minimum atomic E-state index is -0.687. The minimum absolute atomic E-state index is 0.116. The molecule has 3 heterocycles. The van der Waals surface area contributed by atoms with E-state index in [4.69, 9.17) is 11.5 Å². The number of nitrogens with two attached hydrogens (primary N) is 2. The summed E-state index contributed by atoms with van der Waals surface area (Å²) in [5.41, 5.74) is 14.6. The summed E-state index contributed by atoms with van der Waals surface area (Å²) >= 11 is 0. The quantitative estimate of drug-likeness (QED) is 0.888. The Balaban J connectivity index is 1.98. The molecule has 1 unspecified atom stereocenters. The number of amides is 2. The number of rotatable bonds is 3. The van der Waals surface area contributed by atoms with Crippen LogP contribution in [0.25, 0.3) is 11.1 Å². The van der Waals surface area contributed by atoms with Crippen LogP contribution in [0.1, 0.15) is 30.5 Å². The average Bonchev–Trinajstić information content (AvgIpc) is 2.60. The van der Waals surface area contributed by atoms with Crippen molar-refractivity contribution in [1.82, 2.24) is 9.97 Å². The second-order valence-corrected chi connectivity index (χ2v) is 5.90. The number of nitrogens with zero attached hydrogens (tertiary/aromatic N) is 3. The number of carbonyl (C=O) groups is 2. The molecule has 24 heavy (non-hydrogen) atoms. The number of Topliss-reactive ketones (excluding diaryl/α,β-unsaturated/α-hetero) is 1. The van der Waals surface area contributed by atoms with Gasteiger partial charge in [0, 0.05) is 36.3 Å². The zero-order valence-electron chi connectivity index (χ0n) is 13.4. The van der Waals surface area contributed by atoms with Crippen LogP contribution in [0.3, 0.4) is 0 Å². The van der Waals surface area contributed by atoms with E-state index in [-0.39, 0.29) is 5.78 Å². The van der Waals surface area contributed by atoms with Gasteiger partial charge in [0.2, 0.25) is 0 Å². The molecule has 2 amide bonds. The first-order valence-electron chi connectivity index (χ1n) is 7.74. The first kappa shape index (κ1) is 16.1. The van der Waals surface area contributed by atoms with Crippen LogP contribution in [-0.4, -0.2) is 28.3 Å². The summed E-state index contributed by atoms with van der Waals surface area (Å²) in [6, 6.07) is 2.65. The van der Waals surface area contributed by atoms with E-state index in [1.165, 1.54) is 11.8 Å². The van der Waals surface area contributed by atoms with E-state index in [2.05, 4.69) is 9.97 Å². The summed E-state index contributed by atoms with van der Waals surface area (Å²) in [6.45, 7) is 2.04. The summed E-state index contributed by atoms with van der Waals surface area (Å²) in [5.74, 6) is 0.497. The Morgan fingerprint density at radius 1 is 1.21 bits per heavy atom. The molecular weight excluding hydrogens is 306 g/mol. The topological polar surface area (TPSA) is 115 Å². The molecule has 0 saturated heterocycles. The largest absolute Gasteiger partial charge is 0.351 e. The van der Waals surface area contributed by atoms with E-state index in [9.17, 15) is 9.59 Å². The molecule has 0 bridgehead atoms. The van der Waals surface area contributed by atoms with Gasteiger partial charge in [-0.2, -0.15) is 0 Å². The van der Waals surface area contributed by atoms with Gasteiger partial charge in [-0.15, -0.1) is 0 Å². The van der Waals surface area contributed by atoms with Gasteiger partial charge < -0.3 is 11.5 Å². The summed E-state index contributed by atoms with van der Waals surface area (Å²) < 4.78 is 0. The van der Waals surface area contributed by atoms with Crippen LogP contribution in [0, 0.1) is 0 Å². The lowest BCUT2D eigenvalue weighted by atomic mass is 9.99. The van der Waals surface area contributed by atoms with Crippen LogP contribution >= 0.6 is 0 Å². The van der Waals surface area contributed by atoms with Gasteiger partial charge in [0.1, 0.15) is 5.82 Å². The first-order valence-corrected chi connectivity index (χ1v) is 7.74. The molecule has 0 saturated carbocycles. The van der Waals surface area contributed by atoms with Gasteiger partial charge in [0.25, 0.3) is 0 Å². The van der Waals surface area contributed by atoms with E-state index in [1.54, 1.807) is 18.6 Å². The average molecular weight is 325 g/mol. The number of primary amides is 1. The zero-order valence-corrected chi connectivity index (χ0v) is 13.4. The van der Waals surface area contributed by atoms with Crippen LogP contribution < -0.4 is 16.4 Å². The lowest BCUT2D eigenvalue weighted by Gasteiger charge is -2.26. The maximum atomic E-state index is 11.5. The summed E-state index contributed by atoms with van der Waals surface area (Å²) in [4.78, 5) is 33.0. The molecule has 2 aromatic rings. The van der Waals surface area contributed by atoms with Gasteiger partial charge in [0.05, 0.1) is 6.04 Å². The van der Waals surface area contributed by atoms with Crippen molar-refractivity contribution in [2.75, 3.05) is 11.4 Å². The molecule has 1 aliphatic heterocycles. The Morgan fingerprint density at radius 3 is 2.67 bits per heavy atom. The Morgan fingerprint density at radius 2 is 1.96 bits per heavy atom. The van der Waals surface area contributed by atoms with Gasteiger partial charge in [0.15, 0.2) is 5.78 Å². The van der Waals surface area contributed by atoms with Crippen molar-refractivity contribution in [3.05, 3.63) is 41.9 Å². The number of hydrogen-bond donors (Lipinski definition) is 2. The smallest absolute Gasteiger partial charge is 0.320 e. The highest BCUT2D eigenvalue weighted by molar-refractivity contribution is 5.91. The second-order valence-electron chi connectivity index (χ2n) is 5.90. The molecule has 1 aliphatic rings. The molecule has 7 nitrogen and oxygen atoms in total. The fourth-order valence-corrected chi connectivity index (χ4v) is 2.86. The Labute approximate surface area is 139 Å². The van der Waals surface area contributed by atoms with Crippen LogP contribution in [0.5, 0.6) is 0 Å². The summed E-state index contributed by atoms with van der Waals surface area (Å²) in [7, 11) is 0. The molecule has 124 valence electrons. The normalized spacial score (nSPS) is 14.8. The maximum absolute atomic E-state index is 11.5. The molecule has 0 radical (unpaired) electrons. The van der Waals surface area contributed by atoms with Crippen molar-refractivity contribution < 1.29 is 9.59 Å². The highest BCUT2D eigenvalue weighted by Crippen LogP contribution is 2.29. The number of aryl methyl sites for hydroxylation is 1. The predicted octanol–water partition coefficient (Wildman–Crippen LogP) is 1.56. The maximum Gasteiger partial charge on any atom is 0.320 e. The molecule has 0 aliphatic carbocycles. The third kappa shape index (κ3) is 2.98. The van der Waals surface area contributed by atoms with Crippen LogP contribution in [0.2, 0.25) is 0 Å². The molecule has 4 N–H and O–H groups in total. The molecular formula is C17H19N5O2. The zero-order chi connectivity index (χ0) is 17.3. The van der Waals surface area contributed by atoms with Crippen molar-refractivity contribution >= 4 is 17.6 Å². The van der Waals surface area contributed by atoms with E-state index in [0.717, 1.165) is 29.5 Å². The number of fused-ring (bicyclic) bond motifs is 1. The lowest BCUT2D eigenvalue weighted by molar-refractivity contribution is -0.118. The highest BCUT2D eigenvalue weighted by atomic mass is 16.2. The fourth-order valence-electron chi connectivity index (χ4n) is 2.86. The fraction of sp³-hybridized carbons (Fsp3) is 0.294. The van der Waals surface area contributed by atoms with Crippen LogP contribution in [0.4, 0.5) is 10.6 Å². The highest BCUT2D eigenvalue weighted by Gasteiger charge is 2.22. The number of pyridine rings is 2. The molecule has 1 atom stereocenters. The molecule has 0 spiro atoms. The number of ketones is 1. The molecule has 0 aromatic carbocycles. The van der Waals surface area contributed by atoms with Gasteiger partial charge >= 0.3 is 6.03 Å². The Bertz CT molecular complexity index is 805. The predicted molar refractivity (Wildman–Crippen MR) is 90.3 cm³/mol. The van der Waals surface area contributed by atoms with Crippen molar-refractivity contribution in [3.63, 3.8) is 0 Å². The molecule has 2 aromatic heterocycles. The molecule has 7 heteroatoms. The standard InChI is InChI=1S/C17H19N5O2/c1-10(23)15(18)14-6-12(7-20-8-14)13-5-11-3-2-4-22(17(19)24)16(11)21-9-13/h5-9,15H,2-4,18H2,1H3,(H2,19,24). The monoisotopic (exact) mass is 325 g/mol. The Hall–Kier alpha value is -2.80. The Kier molecular flexibility index (Phi) is 4.26. The third-order valence-corrected chi connectivity index (χ3v) is 4.18. The third-order valence-electron chi connectivity index (χ3n) is 4.18. The number of aromatic nitrogens is 2. The number of anilines is 1. The molecule has 3 rings (SSSR count). The van der Waals surface area contributed by atoms with E-state index < -0.39 is 12.1 Å². The SMILES string of the molecule is CC(=O)C(N)c1cncc(-c2cnc3c(c2)CCCN3C(N)=O)c1. The van der Waals surface area contributed by atoms with Gasteiger partial charge in [-0.05, 0) is 43.0 Å². The van der Waals surface area contributed by atoms with E-state index in [0.29, 0.717) is 17.9 Å². The van der Waals surface area contributed by atoms with Gasteiger partial charge in [-0.3, -0.25) is 14.7 Å². The number of carbonyl (C=O) groups excluding carboxylic acids is 2. The van der Waals surface area contributed by atoms with Crippen molar-refractivity contribution in [3.8, 4) is 11.1 Å². The van der Waals surface area contributed by atoms with E-state index >= 15 is 0 Å². The first-order chi connectivity index (χ1) is 11.5. The minimum Gasteiger partial charge on any atom is -0.351 e. The molecule has 0 fully saturated rings. The number of urea groups is 1. The van der Waals surface area contributed by atoms with Crippen molar-refractivity contribution in [1.29, 1.82) is 0 Å². The summed E-state index contributed by atoms with van der Waals surface area (Å²) in [6.07, 6.45) is 6.65. The van der Waals surface area contributed by atoms with Crippen LogP contribution in [-0.2, 0) is 11.2 Å². The lowest BCUT2D eigenvalue weighted by Crippen LogP contribution is -2.40. The summed E-state index contributed by atoms with van der Waals surface area (Å²) in [5, 5.41) is 0. The van der Waals surface area contributed by atoms with Gasteiger partial charge in [-0.1, -0.05) is 0 Å². The number of hydrogen-bond acceptors (Lipinski definition) is 5. The van der Waals surface area contributed by atoms with Crippen LogP contribution in [0.15, 0.2) is 30.7 Å². The van der Waals surface area contributed by atoms with Gasteiger partial charge in [-0.25, -0.2) is 9.78 Å². The van der Waals surface area contributed by atoms with E-state index in [1.807, 2.05) is 12.1 Å². The van der Waals surface area contributed by atoms with Crippen molar-refractivity contribution in [2.24, 2.45) is 11.5 Å². The van der Waals surface area contributed by atoms with Crippen molar-refractivity contribution in [2.45, 2.75) is 25.8 Å².